The molecule has 2 atom stereocenters. The lowest BCUT2D eigenvalue weighted by molar-refractivity contribution is -0.173. The SMILES string of the molecule is FC(F)(F)COCCNC1CCOC2(CCSC2)C1. The highest BCUT2D eigenvalue weighted by molar-refractivity contribution is 7.99. The third kappa shape index (κ3) is 5.13. The van der Waals surface area contributed by atoms with E-state index < -0.39 is 12.8 Å². The lowest BCUT2D eigenvalue weighted by Crippen LogP contribution is -2.47. The molecule has 0 aromatic carbocycles. The molecule has 7 heteroatoms. The fraction of sp³-hybridized carbons (Fsp3) is 1.00. The summed E-state index contributed by atoms with van der Waals surface area (Å²) in [6, 6.07) is 0.335. The third-order valence-corrected chi connectivity index (χ3v) is 4.73. The molecular formula is C12H20F3NO2S. The summed E-state index contributed by atoms with van der Waals surface area (Å²) in [5.74, 6) is 2.18. The molecule has 0 amide bonds. The van der Waals surface area contributed by atoms with Gasteiger partial charge in [0.1, 0.15) is 6.61 Å². The first-order valence-electron chi connectivity index (χ1n) is 6.59. The van der Waals surface area contributed by atoms with Crippen molar-refractivity contribution in [1.82, 2.24) is 5.32 Å². The van der Waals surface area contributed by atoms with Crippen LogP contribution < -0.4 is 5.32 Å². The van der Waals surface area contributed by atoms with E-state index in [1.165, 1.54) is 0 Å². The summed E-state index contributed by atoms with van der Waals surface area (Å²) in [6.07, 6.45) is -1.27. The Morgan fingerprint density at radius 1 is 1.42 bits per heavy atom. The van der Waals surface area contributed by atoms with Crippen molar-refractivity contribution in [1.29, 1.82) is 0 Å². The Bertz CT molecular complexity index is 283. The van der Waals surface area contributed by atoms with Crippen molar-refractivity contribution in [3.63, 3.8) is 0 Å². The third-order valence-electron chi connectivity index (χ3n) is 3.51. The van der Waals surface area contributed by atoms with Crippen molar-refractivity contribution in [3.8, 4) is 0 Å². The van der Waals surface area contributed by atoms with E-state index in [1.54, 1.807) is 0 Å². The normalized spacial score (nSPS) is 32.1. The fourth-order valence-corrected chi connectivity index (χ4v) is 3.97. The first-order chi connectivity index (χ1) is 8.99. The number of thioether (sulfide) groups is 1. The predicted octanol–water partition coefficient (Wildman–Crippen LogP) is 2.21. The van der Waals surface area contributed by atoms with Crippen molar-refractivity contribution < 1.29 is 22.6 Å². The number of rotatable bonds is 5. The van der Waals surface area contributed by atoms with E-state index in [1.807, 2.05) is 11.8 Å². The van der Waals surface area contributed by atoms with Gasteiger partial charge in [0.25, 0.3) is 0 Å². The zero-order valence-electron chi connectivity index (χ0n) is 10.8. The fourth-order valence-electron chi connectivity index (χ4n) is 2.59. The topological polar surface area (TPSA) is 30.5 Å². The minimum absolute atomic E-state index is 0.00735. The Balaban J connectivity index is 1.61. The van der Waals surface area contributed by atoms with Crippen LogP contribution in [0.3, 0.4) is 0 Å². The lowest BCUT2D eigenvalue weighted by atomic mass is 9.90. The molecule has 0 radical (unpaired) electrons. The highest BCUT2D eigenvalue weighted by Crippen LogP contribution is 2.38. The van der Waals surface area contributed by atoms with E-state index in [0.717, 1.165) is 37.4 Å². The number of hydrogen-bond acceptors (Lipinski definition) is 4. The van der Waals surface area contributed by atoms with Crippen molar-refractivity contribution in [2.45, 2.75) is 37.1 Å². The Morgan fingerprint density at radius 2 is 2.26 bits per heavy atom. The van der Waals surface area contributed by atoms with Gasteiger partial charge in [-0.2, -0.15) is 24.9 Å². The molecule has 3 nitrogen and oxygen atoms in total. The molecule has 2 heterocycles. The Kier molecular flexibility index (Phi) is 5.39. The average molecular weight is 299 g/mol. The second-order valence-corrected chi connectivity index (χ2v) is 6.25. The summed E-state index contributed by atoms with van der Waals surface area (Å²) in [4.78, 5) is 0. The molecule has 0 aromatic rings. The van der Waals surface area contributed by atoms with Crippen LogP contribution in [0.15, 0.2) is 0 Å². The van der Waals surface area contributed by atoms with E-state index in [-0.39, 0.29) is 12.2 Å². The molecular weight excluding hydrogens is 279 g/mol. The number of ether oxygens (including phenoxy) is 2. The molecule has 2 fully saturated rings. The van der Waals surface area contributed by atoms with Crippen molar-refractivity contribution in [2.24, 2.45) is 0 Å². The molecule has 0 saturated carbocycles. The molecule has 2 rings (SSSR count). The van der Waals surface area contributed by atoms with Crippen LogP contribution in [0.5, 0.6) is 0 Å². The maximum atomic E-state index is 11.9. The summed E-state index contributed by atoms with van der Waals surface area (Å²) in [6.45, 7) is 0.132. The van der Waals surface area contributed by atoms with E-state index in [9.17, 15) is 13.2 Å². The van der Waals surface area contributed by atoms with E-state index in [0.29, 0.717) is 12.6 Å². The monoisotopic (exact) mass is 299 g/mol. The number of nitrogens with one attached hydrogen (secondary N) is 1. The molecule has 2 aliphatic heterocycles. The molecule has 0 bridgehead atoms. The quantitative estimate of drug-likeness (QED) is 0.789. The largest absolute Gasteiger partial charge is 0.411 e. The zero-order chi connectivity index (χ0) is 13.8. The summed E-state index contributed by atoms with van der Waals surface area (Å²) in [7, 11) is 0. The van der Waals surface area contributed by atoms with Gasteiger partial charge in [-0.3, -0.25) is 0 Å². The second kappa shape index (κ2) is 6.65. The molecule has 19 heavy (non-hydrogen) atoms. The van der Waals surface area contributed by atoms with Gasteiger partial charge in [0.2, 0.25) is 0 Å². The Labute approximate surface area is 115 Å². The zero-order valence-corrected chi connectivity index (χ0v) is 11.6. The number of halogens is 3. The second-order valence-electron chi connectivity index (χ2n) is 5.15. The van der Waals surface area contributed by atoms with Gasteiger partial charge in [-0.1, -0.05) is 0 Å². The minimum Gasteiger partial charge on any atom is -0.374 e. The van der Waals surface area contributed by atoms with Gasteiger partial charge in [0.05, 0.1) is 12.2 Å². The van der Waals surface area contributed by atoms with Gasteiger partial charge >= 0.3 is 6.18 Å². The predicted molar refractivity (Wildman–Crippen MR) is 68.5 cm³/mol. The van der Waals surface area contributed by atoms with Crippen LogP contribution in [0.2, 0.25) is 0 Å². The van der Waals surface area contributed by atoms with Gasteiger partial charge in [-0.25, -0.2) is 0 Å². The van der Waals surface area contributed by atoms with Crippen LogP contribution in [-0.4, -0.2) is 55.7 Å². The molecule has 1 N–H and O–H groups in total. The van der Waals surface area contributed by atoms with Gasteiger partial charge < -0.3 is 14.8 Å². The molecule has 112 valence electrons. The molecule has 2 aliphatic rings. The average Bonchev–Trinajstić information content (AvgIpc) is 2.75. The summed E-state index contributed by atoms with van der Waals surface area (Å²) >= 11 is 1.91. The van der Waals surface area contributed by atoms with Crippen LogP contribution in [-0.2, 0) is 9.47 Å². The van der Waals surface area contributed by atoms with Crippen LogP contribution in [0, 0.1) is 0 Å². The number of alkyl halides is 3. The highest BCUT2D eigenvalue weighted by Gasteiger charge is 2.40. The van der Waals surface area contributed by atoms with Crippen LogP contribution in [0.4, 0.5) is 13.2 Å². The van der Waals surface area contributed by atoms with Crippen molar-refractivity contribution in [2.75, 3.05) is 37.9 Å². The summed E-state index contributed by atoms with van der Waals surface area (Å²) < 4.78 is 46.1. The summed E-state index contributed by atoms with van der Waals surface area (Å²) in [5, 5.41) is 3.28. The molecule has 2 unspecified atom stereocenters. The highest BCUT2D eigenvalue weighted by atomic mass is 32.2. The van der Waals surface area contributed by atoms with E-state index in [2.05, 4.69) is 10.1 Å². The lowest BCUT2D eigenvalue weighted by Gasteiger charge is -2.38. The van der Waals surface area contributed by atoms with Gasteiger partial charge in [-0.15, -0.1) is 0 Å². The first kappa shape index (κ1) is 15.4. The maximum absolute atomic E-state index is 11.9. The molecule has 0 aromatic heterocycles. The van der Waals surface area contributed by atoms with Crippen molar-refractivity contribution in [3.05, 3.63) is 0 Å². The summed E-state index contributed by atoms with van der Waals surface area (Å²) in [5.41, 5.74) is 0.00735. The minimum atomic E-state index is -4.23. The van der Waals surface area contributed by atoms with Gasteiger partial charge in [0, 0.05) is 24.9 Å². The van der Waals surface area contributed by atoms with Crippen LogP contribution in [0.1, 0.15) is 19.3 Å². The first-order valence-corrected chi connectivity index (χ1v) is 7.74. The van der Waals surface area contributed by atoms with Crippen LogP contribution >= 0.6 is 11.8 Å². The van der Waals surface area contributed by atoms with E-state index in [4.69, 9.17) is 4.74 Å². The van der Waals surface area contributed by atoms with Crippen LogP contribution in [0.25, 0.3) is 0 Å². The van der Waals surface area contributed by atoms with Crippen molar-refractivity contribution >= 4 is 11.8 Å². The molecule has 2 saturated heterocycles. The van der Waals surface area contributed by atoms with E-state index >= 15 is 0 Å². The Hall–Kier alpha value is 0.0200. The Morgan fingerprint density at radius 3 is 2.95 bits per heavy atom. The smallest absolute Gasteiger partial charge is 0.374 e. The number of hydrogen-bond donors (Lipinski definition) is 1. The van der Waals surface area contributed by atoms with Gasteiger partial charge in [0.15, 0.2) is 0 Å². The molecule has 0 aliphatic carbocycles. The maximum Gasteiger partial charge on any atom is 0.411 e. The molecule has 1 spiro atoms. The van der Waals surface area contributed by atoms with Gasteiger partial charge in [-0.05, 0) is 25.0 Å². The standard InChI is InChI=1S/C12H20F3NO2S/c13-12(14,15)8-17-5-3-16-10-1-4-18-11(7-10)2-6-19-9-11/h10,16H,1-9H2.